The van der Waals surface area contributed by atoms with E-state index in [2.05, 4.69) is 39.0 Å². The molecular weight excluding hydrogens is 276 g/mol. The van der Waals surface area contributed by atoms with Crippen molar-refractivity contribution in [1.82, 2.24) is 0 Å². The van der Waals surface area contributed by atoms with Crippen LogP contribution in [-0.2, 0) is 6.54 Å². The molecule has 1 aliphatic heterocycles. The predicted octanol–water partition coefficient (Wildman–Crippen LogP) is 3.14. The fourth-order valence-electron chi connectivity index (χ4n) is 3.46. The van der Waals surface area contributed by atoms with Crippen LogP contribution in [0.1, 0.15) is 24.8 Å². The maximum absolute atomic E-state index is 5.86. The number of halogens is 1. The van der Waals surface area contributed by atoms with E-state index in [9.17, 15) is 0 Å². The number of rotatable bonds is 2. The molecular formula is C14H19BrN2. The largest absolute Gasteiger partial charge is 0.371 e. The summed E-state index contributed by atoms with van der Waals surface area (Å²) >= 11 is 3.52. The van der Waals surface area contributed by atoms with Crippen molar-refractivity contribution >= 4 is 21.6 Å². The van der Waals surface area contributed by atoms with E-state index in [1.807, 2.05) is 0 Å². The lowest BCUT2D eigenvalue weighted by molar-refractivity contribution is 0.494. The number of nitrogens with zero attached hydrogens (tertiary/aromatic N) is 1. The van der Waals surface area contributed by atoms with Gasteiger partial charge in [-0.15, -0.1) is 0 Å². The van der Waals surface area contributed by atoms with Gasteiger partial charge >= 0.3 is 0 Å². The smallest absolute Gasteiger partial charge is 0.0412 e. The number of hydrogen-bond donors (Lipinski definition) is 1. The highest BCUT2D eigenvalue weighted by Gasteiger charge is 2.36. The SMILES string of the molecule is NCc1cc(Br)ccc1N1CC2CCCC2C1. The van der Waals surface area contributed by atoms with Crippen LogP contribution in [0.3, 0.4) is 0 Å². The number of benzene rings is 1. The van der Waals surface area contributed by atoms with Crippen molar-refractivity contribution in [3.63, 3.8) is 0 Å². The second-order valence-electron chi connectivity index (χ2n) is 5.33. The van der Waals surface area contributed by atoms with Crippen LogP contribution in [0.4, 0.5) is 5.69 Å². The van der Waals surface area contributed by atoms with Crippen molar-refractivity contribution in [2.24, 2.45) is 17.6 Å². The summed E-state index contributed by atoms with van der Waals surface area (Å²) in [6.45, 7) is 3.10. The van der Waals surface area contributed by atoms with Crippen LogP contribution in [0.25, 0.3) is 0 Å². The minimum atomic E-state index is 0.626. The van der Waals surface area contributed by atoms with E-state index < -0.39 is 0 Å². The summed E-state index contributed by atoms with van der Waals surface area (Å²) in [6.07, 6.45) is 4.29. The molecule has 2 fully saturated rings. The maximum Gasteiger partial charge on any atom is 0.0412 e. The van der Waals surface area contributed by atoms with Gasteiger partial charge in [0.05, 0.1) is 0 Å². The van der Waals surface area contributed by atoms with E-state index in [0.717, 1.165) is 16.3 Å². The minimum Gasteiger partial charge on any atom is -0.371 e. The zero-order valence-electron chi connectivity index (χ0n) is 10.0. The van der Waals surface area contributed by atoms with Gasteiger partial charge in [0.15, 0.2) is 0 Å². The number of nitrogens with two attached hydrogens (primary N) is 1. The molecule has 0 aromatic heterocycles. The zero-order chi connectivity index (χ0) is 11.8. The van der Waals surface area contributed by atoms with Crippen LogP contribution in [0.5, 0.6) is 0 Å². The molecule has 0 amide bonds. The Bertz CT molecular complexity index is 407. The van der Waals surface area contributed by atoms with Crippen LogP contribution < -0.4 is 10.6 Å². The second-order valence-corrected chi connectivity index (χ2v) is 6.25. The molecule has 1 aromatic carbocycles. The van der Waals surface area contributed by atoms with Crippen molar-refractivity contribution in [3.05, 3.63) is 28.2 Å². The van der Waals surface area contributed by atoms with Crippen molar-refractivity contribution in [1.29, 1.82) is 0 Å². The van der Waals surface area contributed by atoms with Gasteiger partial charge in [0, 0.05) is 29.8 Å². The third kappa shape index (κ3) is 2.11. The lowest BCUT2D eigenvalue weighted by atomic mass is 10.0. The van der Waals surface area contributed by atoms with Crippen LogP contribution in [-0.4, -0.2) is 13.1 Å². The average molecular weight is 295 g/mol. The monoisotopic (exact) mass is 294 g/mol. The first-order chi connectivity index (χ1) is 8.28. The van der Waals surface area contributed by atoms with Gasteiger partial charge in [-0.05, 0) is 48.4 Å². The highest BCUT2D eigenvalue weighted by atomic mass is 79.9. The highest BCUT2D eigenvalue weighted by molar-refractivity contribution is 9.10. The molecule has 1 saturated heterocycles. The Morgan fingerprint density at radius 2 is 1.94 bits per heavy atom. The lowest BCUT2D eigenvalue weighted by Gasteiger charge is -2.22. The maximum atomic E-state index is 5.86. The Morgan fingerprint density at radius 3 is 2.59 bits per heavy atom. The van der Waals surface area contributed by atoms with Crippen LogP contribution in [0.15, 0.2) is 22.7 Å². The fraction of sp³-hybridized carbons (Fsp3) is 0.571. The summed E-state index contributed by atoms with van der Waals surface area (Å²) in [5.74, 6) is 1.87. The topological polar surface area (TPSA) is 29.3 Å². The molecule has 2 atom stereocenters. The van der Waals surface area contributed by atoms with Gasteiger partial charge in [0.1, 0.15) is 0 Å². The molecule has 2 N–H and O–H groups in total. The van der Waals surface area contributed by atoms with Crippen molar-refractivity contribution in [2.75, 3.05) is 18.0 Å². The molecule has 1 aromatic rings. The quantitative estimate of drug-likeness (QED) is 0.908. The number of anilines is 1. The number of fused-ring (bicyclic) bond motifs is 1. The van der Waals surface area contributed by atoms with Gasteiger partial charge in [-0.25, -0.2) is 0 Å². The third-order valence-electron chi connectivity index (χ3n) is 4.33. The first kappa shape index (κ1) is 11.5. The van der Waals surface area contributed by atoms with Gasteiger partial charge in [-0.1, -0.05) is 22.4 Å². The molecule has 0 spiro atoms. The Morgan fingerprint density at radius 1 is 1.24 bits per heavy atom. The number of hydrogen-bond acceptors (Lipinski definition) is 2. The standard InChI is InChI=1S/C14H19BrN2/c15-13-4-5-14(12(6-13)7-16)17-8-10-2-1-3-11(10)9-17/h4-6,10-11H,1-3,7-9,16H2. The average Bonchev–Trinajstić information content (AvgIpc) is 2.89. The molecule has 92 valence electrons. The summed E-state index contributed by atoms with van der Waals surface area (Å²) in [7, 11) is 0. The predicted molar refractivity (Wildman–Crippen MR) is 75.1 cm³/mol. The second kappa shape index (κ2) is 4.62. The lowest BCUT2D eigenvalue weighted by Crippen LogP contribution is -2.22. The molecule has 3 rings (SSSR count). The van der Waals surface area contributed by atoms with Gasteiger partial charge in [-0.2, -0.15) is 0 Å². The van der Waals surface area contributed by atoms with E-state index in [1.54, 1.807) is 0 Å². The first-order valence-corrected chi connectivity index (χ1v) is 7.30. The summed E-state index contributed by atoms with van der Waals surface area (Å²) in [6, 6.07) is 6.50. The molecule has 17 heavy (non-hydrogen) atoms. The summed E-state index contributed by atoms with van der Waals surface area (Å²) in [4.78, 5) is 2.54. The molecule has 2 unspecified atom stereocenters. The van der Waals surface area contributed by atoms with Gasteiger partial charge in [-0.3, -0.25) is 0 Å². The van der Waals surface area contributed by atoms with Crippen LogP contribution in [0.2, 0.25) is 0 Å². The molecule has 0 radical (unpaired) electrons. The van der Waals surface area contributed by atoms with Crippen LogP contribution in [0, 0.1) is 11.8 Å². The molecule has 3 heteroatoms. The Hall–Kier alpha value is -0.540. The van der Waals surface area contributed by atoms with E-state index >= 15 is 0 Å². The highest BCUT2D eigenvalue weighted by Crippen LogP contribution is 2.40. The summed E-state index contributed by atoms with van der Waals surface area (Å²) < 4.78 is 1.13. The molecule has 1 heterocycles. The fourth-order valence-corrected chi connectivity index (χ4v) is 3.87. The molecule has 1 saturated carbocycles. The third-order valence-corrected chi connectivity index (χ3v) is 4.82. The molecule has 0 bridgehead atoms. The molecule has 2 nitrogen and oxygen atoms in total. The van der Waals surface area contributed by atoms with Gasteiger partial charge in [0.25, 0.3) is 0 Å². The normalized spacial score (nSPS) is 27.5. The van der Waals surface area contributed by atoms with Crippen molar-refractivity contribution in [2.45, 2.75) is 25.8 Å². The first-order valence-electron chi connectivity index (χ1n) is 6.51. The molecule has 2 aliphatic rings. The van der Waals surface area contributed by atoms with Crippen molar-refractivity contribution in [3.8, 4) is 0 Å². The van der Waals surface area contributed by atoms with Crippen molar-refractivity contribution < 1.29 is 0 Å². The Labute approximate surface area is 111 Å². The van der Waals surface area contributed by atoms with Crippen LogP contribution >= 0.6 is 15.9 Å². The van der Waals surface area contributed by atoms with E-state index in [-0.39, 0.29) is 0 Å². The van der Waals surface area contributed by atoms with E-state index in [4.69, 9.17) is 5.73 Å². The van der Waals surface area contributed by atoms with Gasteiger partial charge in [0.2, 0.25) is 0 Å². The van der Waals surface area contributed by atoms with Gasteiger partial charge < -0.3 is 10.6 Å². The Balaban J connectivity index is 1.85. The molecule has 1 aliphatic carbocycles. The van der Waals surface area contributed by atoms with E-state index in [1.165, 1.54) is 43.6 Å². The van der Waals surface area contributed by atoms with E-state index in [0.29, 0.717) is 6.54 Å². The summed E-state index contributed by atoms with van der Waals surface area (Å²) in [5.41, 5.74) is 8.47. The minimum absolute atomic E-state index is 0.626. The zero-order valence-corrected chi connectivity index (χ0v) is 11.6. The summed E-state index contributed by atoms with van der Waals surface area (Å²) in [5, 5.41) is 0. The Kier molecular flexibility index (Phi) is 3.14.